The molecule has 4 aliphatic carbocycles. The quantitative estimate of drug-likeness (QED) is 0.601. The highest BCUT2D eigenvalue weighted by Gasteiger charge is 2.49. The number of hydrogen-bond acceptors (Lipinski definition) is 3. The Morgan fingerprint density at radius 1 is 1.12 bits per heavy atom. The number of carbonyl (C=O) groups is 1. The van der Waals surface area contributed by atoms with Gasteiger partial charge < -0.3 is 9.84 Å². The standard InChI is InChI=1S/C14H20O3/c1-8(7-15)14(16)17-13-11-3-9-2-10(5-11)6-12(13)4-9/h9-13,15H,1-7H2. The predicted octanol–water partition coefficient (Wildman–Crippen LogP) is 1.90. The first-order valence-corrected chi connectivity index (χ1v) is 6.67. The molecule has 0 atom stereocenters. The molecular formula is C14H20O3. The topological polar surface area (TPSA) is 46.5 Å². The van der Waals surface area contributed by atoms with E-state index in [9.17, 15) is 4.79 Å². The van der Waals surface area contributed by atoms with Gasteiger partial charge >= 0.3 is 5.97 Å². The number of aliphatic hydroxyl groups is 1. The van der Waals surface area contributed by atoms with Crippen LogP contribution in [0, 0.1) is 23.7 Å². The molecule has 0 heterocycles. The first-order chi connectivity index (χ1) is 8.17. The Balaban J connectivity index is 1.68. The van der Waals surface area contributed by atoms with E-state index in [0.29, 0.717) is 11.8 Å². The summed E-state index contributed by atoms with van der Waals surface area (Å²) in [4.78, 5) is 11.7. The van der Waals surface area contributed by atoms with Crippen molar-refractivity contribution in [2.75, 3.05) is 6.61 Å². The number of aliphatic hydroxyl groups excluding tert-OH is 1. The van der Waals surface area contributed by atoms with E-state index in [2.05, 4.69) is 6.58 Å². The van der Waals surface area contributed by atoms with Crippen LogP contribution in [0.3, 0.4) is 0 Å². The van der Waals surface area contributed by atoms with Crippen molar-refractivity contribution in [3.63, 3.8) is 0 Å². The van der Waals surface area contributed by atoms with Crippen molar-refractivity contribution >= 4 is 5.97 Å². The van der Waals surface area contributed by atoms with Crippen LogP contribution in [0.1, 0.15) is 32.1 Å². The Hall–Kier alpha value is -0.830. The van der Waals surface area contributed by atoms with Gasteiger partial charge in [-0.2, -0.15) is 0 Å². The average molecular weight is 236 g/mol. The summed E-state index contributed by atoms with van der Waals surface area (Å²) in [6.07, 6.45) is 6.43. The summed E-state index contributed by atoms with van der Waals surface area (Å²) in [6.45, 7) is 3.23. The van der Waals surface area contributed by atoms with Gasteiger partial charge in [0.2, 0.25) is 0 Å². The molecule has 0 saturated heterocycles. The second-order valence-electron chi connectivity index (χ2n) is 6.06. The lowest BCUT2D eigenvalue weighted by molar-refractivity contribution is -0.166. The first-order valence-electron chi connectivity index (χ1n) is 6.67. The number of rotatable bonds is 3. The third-order valence-corrected chi connectivity index (χ3v) is 4.86. The van der Waals surface area contributed by atoms with Gasteiger partial charge in [-0.15, -0.1) is 0 Å². The van der Waals surface area contributed by atoms with E-state index < -0.39 is 5.97 Å². The maximum Gasteiger partial charge on any atom is 0.336 e. The summed E-state index contributed by atoms with van der Waals surface area (Å²) >= 11 is 0. The Kier molecular flexibility index (Phi) is 2.74. The van der Waals surface area contributed by atoms with E-state index in [-0.39, 0.29) is 18.3 Å². The van der Waals surface area contributed by atoms with Gasteiger partial charge in [-0.05, 0) is 55.8 Å². The van der Waals surface area contributed by atoms with E-state index in [1.165, 1.54) is 32.1 Å². The fraction of sp³-hybridized carbons (Fsp3) is 0.786. The minimum atomic E-state index is -0.398. The van der Waals surface area contributed by atoms with Gasteiger partial charge in [-0.3, -0.25) is 0 Å². The van der Waals surface area contributed by atoms with Crippen molar-refractivity contribution in [1.82, 2.24) is 0 Å². The molecule has 1 N–H and O–H groups in total. The second kappa shape index (κ2) is 4.13. The van der Waals surface area contributed by atoms with Crippen LogP contribution in [0.5, 0.6) is 0 Å². The highest BCUT2D eigenvalue weighted by atomic mass is 16.5. The molecule has 0 radical (unpaired) electrons. The van der Waals surface area contributed by atoms with Crippen molar-refractivity contribution in [2.24, 2.45) is 23.7 Å². The molecule has 94 valence electrons. The van der Waals surface area contributed by atoms with E-state index in [0.717, 1.165) is 11.8 Å². The van der Waals surface area contributed by atoms with Crippen LogP contribution in [0.15, 0.2) is 12.2 Å². The Labute approximate surface area is 102 Å². The molecule has 0 unspecified atom stereocenters. The SMILES string of the molecule is C=C(CO)C(=O)OC1C2CC3CC(C2)CC1C3. The second-order valence-corrected chi connectivity index (χ2v) is 6.06. The summed E-state index contributed by atoms with van der Waals surface area (Å²) in [5, 5.41) is 8.89. The van der Waals surface area contributed by atoms with E-state index in [1.807, 2.05) is 0 Å². The molecule has 0 spiro atoms. The molecule has 0 amide bonds. The maximum atomic E-state index is 11.7. The highest BCUT2D eigenvalue weighted by Crippen LogP contribution is 2.54. The van der Waals surface area contributed by atoms with E-state index in [1.54, 1.807) is 0 Å². The van der Waals surface area contributed by atoms with Gasteiger partial charge in [0.25, 0.3) is 0 Å². The molecule has 4 aliphatic rings. The van der Waals surface area contributed by atoms with E-state index >= 15 is 0 Å². The lowest BCUT2D eigenvalue weighted by atomic mass is 9.55. The molecule has 4 fully saturated rings. The van der Waals surface area contributed by atoms with E-state index in [4.69, 9.17) is 9.84 Å². The van der Waals surface area contributed by atoms with Gasteiger partial charge in [-0.1, -0.05) is 6.58 Å². The fourth-order valence-electron chi connectivity index (χ4n) is 4.34. The van der Waals surface area contributed by atoms with Crippen LogP contribution in [0.25, 0.3) is 0 Å². The van der Waals surface area contributed by atoms with Crippen LogP contribution in [0.4, 0.5) is 0 Å². The molecule has 4 bridgehead atoms. The van der Waals surface area contributed by atoms with Crippen LogP contribution in [-0.4, -0.2) is 23.8 Å². The predicted molar refractivity (Wildman–Crippen MR) is 63.2 cm³/mol. The third kappa shape index (κ3) is 1.90. The van der Waals surface area contributed by atoms with Crippen molar-refractivity contribution < 1.29 is 14.6 Å². The van der Waals surface area contributed by atoms with Gasteiger partial charge in [0.15, 0.2) is 0 Å². The summed E-state index contributed by atoms with van der Waals surface area (Å²) in [5.41, 5.74) is 0.179. The smallest absolute Gasteiger partial charge is 0.336 e. The number of ether oxygens (including phenoxy) is 1. The Morgan fingerprint density at radius 2 is 1.65 bits per heavy atom. The largest absolute Gasteiger partial charge is 0.458 e. The van der Waals surface area contributed by atoms with Crippen molar-refractivity contribution in [3.05, 3.63) is 12.2 Å². The van der Waals surface area contributed by atoms with Gasteiger partial charge in [0.05, 0.1) is 12.2 Å². The van der Waals surface area contributed by atoms with Crippen LogP contribution >= 0.6 is 0 Å². The molecule has 0 aliphatic heterocycles. The zero-order valence-corrected chi connectivity index (χ0v) is 10.1. The molecular weight excluding hydrogens is 216 g/mol. The van der Waals surface area contributed by atoms with Crippen molar-refractivity contribution in [3.8, 4) is 0 Å². The normalized spacial score (nSPS) is 42.5. The summed E-state index contributed by atoms with van der Waals surface area (Å²) in [6, 6.07) is 0. The van der Waals surface area contributed by atoms with Crippen LogP contribution in [-0.2, 0) is 9.53 Å². The molecule has 0 aromatic carbocycles. The third-order valence-electron chi connectivity index (χ3n) is 4.86. The molecule has 3 heteroatoms. The first kappa shape index (κ1) is 11.3. The summed E-state index contributed by atoms with van der Waals surface area (Å²) in [5.74, 6) is 2.51. The lowest BCUT2D eigenvalue weighted by Gasteiger charge is -2.53. The van der Waals surface area contributed by atoms with Crippen LogP contribution < -0.4 is 0 Å². The van der Waals surface area contributed by atoms with Crippen molar-refractivity contribution in [2.45, 2.75) is 38.2 Å². The Morgan fingerprint density at radius 3 is 2.12 bits per heavy atom. The molecule has 0 aromatic heterocycles. The number of hydrogen-bond donors (Lipinski definition) is 1. The van der Waals surface area contributed by atoms with Crippen molar-refractivity contribution in [1.29, 1.82) is 0 Å². The average Bonchev–Trinajstić information content (AvgIpc) is 2.31. The minimum absolute atomic E-state index is 0.0959. The van der Waals surface area contributed by atoms with Gasteiger partial charge in [0, 0.05) is 0 Å². The minimum Gasteiger partial charge on any atom is -0.458 e. The molecule has 17 heavy (non-hydrogen) atoms. The molecule has 0 aromatic rings. The Bertz CT molecular complexity index is 319. The van der Waals surface area contributed by atoms with Gasteiger partial charge in [-0.25, -0.2) is 4.79 Å². The lowest BCUT2D eigenvalue weighted by Crippen LogP contribution is -2.50. The summed E-state index contributed by atoms with van der Waals surface area (Å²) in [7, 11) is 0. The number of carbonyl (C=O) groups excluding carboxylic acids is 1. The monoisotopic (exact) mass is 236 g/mol. The zero-order chi connectivity index (χ0) is 12.0. The molecule has 4 saturated carbocycles. The zero-order valence-electron chi connectivity index (χ0n) is 10.1. The highest BCUT2D eigenvalue weighted by molar-refractivity contribution is 5.88. The number of esters is 1. The molecule has 3 nitrogen and oxygen atoms in total. The maximum absolute atomic E-state index is 11.7. The van der Waals surface area contributed by atoms with Gasteiger partial charge in [0.1, 0.15) is 6.10 Å². The molecule has 4 rings (SSSR count). The fourth-order valence-corrected chi connectivity index (χ4v) is 4.34. The summed E-state index contributed by atoms with van der Waals surface area (Å²) < 4.78 is 5.58. The van der Waals surface area contributed by atoms with Crippen LogP contribution in [0.2, 0.25) is 0 Å².